The molecule has 0 heterocycles. The lowest BCUT2D eigenvalue weighted by atomic mass is 9.99. The Labute approximate surface area is 135 Å². The van der Waals surface area contributed by atoms with Crippen molar-refractivity contribution < 1.29 is 4.74 Å². The van der Waals surface area contributed by atoms with Crippen molar-refractivity contribution in [1.29, 1.82) is 0 Å². The lowest BCUT2D eigenvalue weighted by molar-refractivity contribution is 0.412. The van der Waals surface area contributed by atoms with E-state index in [1.54, 1.807) is 7.11 Å². The fourth-order valence-corrected chi connectivity index (χ4v) is 3.24. The molecular weight excluding hydrogens is 384 g/mol. The van der Waals surface area contributed by atoms with Gasteiger partial charge in [-0.05, 0) is 51.7 Å². The Morgan fingerprint density at radius 1 is 1.15 bits per heavy atom. The molecule has 3 N–H and O–H groups in total. The van der Waals surface area contributed by atoms with Gasteiger partial charge in [0.1, 0.15) is 5.75 Å². The van der Waals surface area contributed by atoms with Crippen molar-refractivity contribution in [2.24, 2.45) is 5.84 Å². The number of ether oxygens (including phenoxy) is 1. The van der Waals surface area contributed by atoms with E-state index in [-0.39, 0.29) is 6.04 Å². The lowest BCUT2D eigenvalue weighted by Gasteiger charge is -2.18. The van der Waals surface area contributed by atoms with Gasteiger partial charge < -0.3 is 4.74 Å². The van der Waals surface area contributed by atoms with Crippen LogP contribution in [0.3, 0.4) is 0 Å². The normalized spacial score (nSPS) is 12.2. The summed E-state index contributed by atoms with van der Waals surface area (Å²) in [5.74, 6) is 6.53. The maximum Gasteiger partial charge on any atom is 0.133 e. The molecule has 106 valence electrons. The Hall–Kier alpha value is -0.880. The molecule has 2 rings (SSSR count). The molecule has 1 atom stereocenters. The number of hydrogen-bond acceptors (Lipinski definition) is 3. The molecule has 0 aliphatic heterocycles. The van der Waals surface area contributed by atoms with Crippen LogP contribution in [-0.2, 0) is 6.42 Å². The Kier molecular flexibility index (Phi) is 5.60. The SMILES string of the molecule is COc1ccc(CC(NN)c2ccccc2Br)cc1Br. The van der Waals surface area contributed by atoms with E-state index >= 15 is 0 Å². The van der Waals surface area contributed by atoms with Crippen LogP contribution in [0.5, 0.6) is 5.75 Å². The van der Waals surface area contributed by atoms with Gasteiger partial charge in [0.05, 0.1) is 17.6 Å². The van der Waals surface area contributed by atoms with E-state index in [0.717, 1.165) is 26.7 Å². The third-order valence-corrected chi connectivity index (χ3v) is 4.48. The topological polar surface area (TPSA) is 47.3 Å². The number of methoxy groups -OCH3 is 1. The van der Waals surface area contributed by atoms with Gasteiger partial charge in [0.25, 0.3) is 0 Å². The Morgan fingerprint density at radius 2 is 1.90 bits per heavy atom. The van der Waals surface area contributed by atoms with Gasteiger partial charge >= 0.3 is 0 Å². The molecule has 3 nitrogen and oxygen atoms in total. The number of benzene rings is 2. The number of halogens is 2. The van der Waals surface area contributed by atoms with Gasteiger partial charge in [0.2, 0.25) is 0 Å². The highest BCUT2D eigenvalue weighted by atomic mass is 79.9. The first-order valence-electron chi connectivity index (χ1n) is 6.18. The Balaban J connectivity index is 2.23. The lowest BCUT2D eigenvalue weighted by Crippen LogP contribution is -2.29. The molecule has 20 heavy (non-hydrogen) atoms. The number of nitrogens with two attached hydrogens (primary N) is 1. The highest BCUT2D eigenvalue weighted by Crippen LogP contribution is 2.29. The summed E-state index contributed by atoms with van der Waals surface area (Å²) in [6.45, 7) is 0. The first-order valence-corrected chi connectivity index (χ1v) is 7.77. The molecule has 5 heteroatoms. The fraction of sp³-hybridized carbons (Fsp3) is 0.200. The van der Waals surface area contributed by atoms with E-state index in [2.05, 4.69) is 49.4 Å². The maximum absolute atomic E-state index is 5.71. The predicted octanol–water partition coefficient (Wildman–Crippen LogP) is 3.97. The molecule has 0 bridgehead atoms. The second-order valence-corrected chi connectivity index (χ2v) is 6.12. The molecule has 0 saturated carbocycles. The van der Waals surface area contributed by atoms with Crippen LogP contribution in [-0.4, -0.2) is 7.11 Å². The van der Waals surface area contributed by atoms with Crippen LogP contribution in [0.15, 0.2) is 51.4 Å². The standard InChI is InChI=1S/C15H16Br2N2O/c1-20-15-7-6-10(8-13(15)17)9-14(19-18)11-4-2-3-5-12(11)16/h2-8,14,19H,9,18H2,1H3. The van der Waals surface area contributed by atoms with Gasteiger partial charge in [0.15, 0.2) is 0 Å². The first kappa shape index (κ1) is 15.5. The van der Waals surface area contributed by atoms with E-state index in [1.807, 2.05) is 30.3 Å². The number of hydrazine groups is 1. The molecule has 1 unspecified atom stereocenters. The summed E-state index contributed by atoms with van der Waals surface area (Å²) in [4.78, 5) is 0. The quantitative estimate of drug-likeness (QED) is 0.590. The molecule has 0 aliphatic carbocycles. The summed E-state index contributed by atoms with van der Waals surface area (Å²) in [6.07, 6.45) is 0.793. The van der Waals surface area contributed by atoms with Crippen LogP contribution < -0.4 is 16.0 Å². The van der Waals surface area contributed by atoms with Crippen molar-refractivity contribution in [3.05, 3.63) is 62.5 Å². The maximum atomic E-state index is 5.71. The zero-order chi connectivity index (χ0) is 14.5. The van der Waals surface area contributed by atoms with Crippen LogP contribution in [0.4, 0.5) is 0 Å². The average molecular weight is 400 g/mol. The van der Waals surface area contributed by atoms with Gasteiger partial charge in [-0.25, -0.2) is 0 Å². The molecule has 0 radical (unpaired) electrons. The summed E-state index contributed by atoms with van der Waals surface area (Å²) in [5, 5.41) is 0. The molecule has 2 aromatic carbocycles. The van der Waals surface area contributed by atoms with Crippen molar-refractivity contribution in [1.82, 2.24) is 5.43 Å². The number of hydrogen-bond donors (Lipinski definition) is 2. The summed E-state index contributed by atoms with van der Waals surface area (Å²) in [6, 6.07) is 14.2. The minimum absolute atomic E-state index is 0.0471. The van der Waals surface area contributed by atoms with Crippen LogP contribution in [0.25, 0.3) is 0 Å². The molecule has 2 aromatic rings. The third-order valence-electron chi connectivity index (χ3n) is 3.14. The van der Waals surface area contributed by atoms with Crippen molar-refractivity contribution in [2.75, 3.05) is 7.11 Å². The zero-order valence-electron chi connectivity index (χ0n) is 11.1. The van der Waals surface area contributed by atoms with Crippen molar-refractivity contribution >= 4 is 31.9 Å². The smallest absolute Gasteiger partial charge is 0.133 e. The summed E-state index contributed by atoms with van der Waals surface area (Å²) < 4.78 is 7.24. The Bertz CT molecular complexity index is 590. The second kappa shape index (κ2) is 7.22. The summed E-state index contributed by atoms with van der Waals surface area (Å²) in [5.41, 5.74) is 5.20. The molecular formula is C15H16Br2N2O. The summed E-state index contributed by atoms with van der Waals surface area (Å²) >= 11 is 7.07. The van der Waals surface area contributed by atoms with Gasteiger partial charge in [-0.3, -0.25) is 11.3 Å². The molecule has 0 aliphatic rings. The molecule has 0 spiro atoms. The minimum Gasteiger partial charge on any atom is -0.496 e. The second-order valence-electron chi connectivity index (χ2n) is 4.41. The zero-order valence-corrected chi connectivity index (χ0v) is 14.2. The number of nitrogens with one attached hydrogen (secondary N) is 1. The molecule has 0 aromatic heterocycles. The predicted molar refractivity (Wildman–Crippen MR) is 88.6 cm³/mol. The average Bonchev–Trinajstić information content (AvgIpc) is 2.46. The largest absolute Gasteiger partial charge is 0.496 e. The van der Waals surface area contributed by atoms with E-state index in [1.165, 1.54) is 5.56 Å². The first-order chi connectivity index (χ1) is 9.65. The molecule has 0 amide bonds. The van der Waals surface area contributed by atoms with Gasteiger partial charge in [-0.1, -0.05) is 40.2 Å². The monoisotopic (exact) mass is 398 g/mol. The highest BCUT2D eigenvalue weighted by molar-refractivity contribution is 9.10. The summed E-state index contributed by atoms with van der Waals surface area (Å²) in [7, 11) is 1.66. The van der Waals surface area contributed by atoms with E-state index in [0.29, 0.717) is 0 Å². The third kappa shape index (κ3) is 3.61. The van der Waals surface area contributed by atoms with Crippen LogP contribution in [0.1, 0.15) is 17.2 Å². The van der Waals surface area contributed by atoms with Crippen molar-refractivity contribution in [3.8, 4) is 5.75 Å². The van der Waals surface area contributed by atoms with E-state index in [9.17, 15) is 0 Å². The highest BCUT2D eigenvalue weighted by Gasteiger charge is 2.14. The van der Waals surface area contributed by atoms with Crippen molar-refractivity contribution in [2.45, 2.75) is 12.5 Å². The Morgan fingerprint density at radius 3 is 2.50 bits per heavy atom. The molecule has 0 fully saturated rings. The van der Waals surface area contributed by atoms with Crippen LogP contribution in [0, 0.1) is 0 Å². The number of rotatable bonds is 5. The minimum atomic E-state index is 0.0471. The van der Waals surface area contributed by atoms with Gasteiger partial charge in [0, 0.05) is 4.47 Å². The van der Waals surface area contributed by atoms with E-state index in [4.69, 9.17) is 10.6 Å². The van der Waals surface area contributed by atoms with Crippen LogP contribution >= 0.6 is 31.9 Å². The van der Waals surface area contributed by atoms with Crippen LogP contribution in [0.2, 0.25) is 0 Å². The van der Waals surface area contributed by atoms with E-state index < -0.39 is 0 Å². The van der Waals surface area contributed by atoms with Gasteiger partial charge in [-0.15, -0.1) is 0 Å². The van der Waals surface area contributed by atoms with Gasteiger partial charge in [-0.2, -0.15) is 0 Å². The molecule has 0 saturated heterocycles. The van der Waals surface area contributed by atoms with Crippen molar-refractivity contribution in [3.63, 3.8) is 0 Å². The fourth-order valence-electron chi connectivity index (χ4n) is 2.09.